The van der Waals surface area contributed by atoms with Crippen LogP contribution in [-0.2, 0) is 6.54 Å². The predicted octanol–water partition coefficient (Wildman–Crippen LogP) is 5.08. The molecule has 1 amide bonds. The lowest BCUT2D eigenvalue weighted by atomic mass is 10.1. The van der Waals surface area contributed by atoms with E-state index in [4.69, 9.17) is 4.74 Å². The van der Waals surface area contributed by atoms with Crippen LogP contribution < -0.4 is 4.74 Å². The third-order valence-corrected chi connectivity index (χ3v) is 5.84. The van der Waals surface area contributed by atoms with E-state index in [1.165, 1.54) is 45.3 Å². The number of imidazole rings is 1. The average Bonchev–Trinajstić information content (AvgIpc) is 3.56. The molecule has 0 unspecified atom stereocenters. The Morgan fingerprint density at radius 1 is 1.03 bits per heavy atom. The van der Waals surface area contributed by atoms with Crippen molar-refractivity contribution >= 4 is 11.6 Å². The van der Waals surface area contributed by atoms with Gasteiger partial charge in [-0.15, -0.1) is 0 Å². The normalized spacial score (nSPS) is 12.9. The van der Waals surface area contributed by atoms with Gasteiger partial charge in [-0.2, -0.15) is 0 Å². The van der Waals surface area contributed by atoms with Gasteiger partial charge in [0.2, 0.25) is 0 Å². The smallest absolute Gasteiger partial charge is 0.254 e. The molecule has 0 radical (unpaired) electrons. The molecule has 1 aromatic carbocycles. The van der Waals surface area contributed by atoms with E-state index in [1.54, 1.807) is 23.5 Å². The highest BCUT2D eigenvalue weighted by atomic mass is 16.5. The van der Waals surface area contributed by atoms with Gasteiger partial charge in [-0.3, -0.25) is 9.79 Å². The molecule has 184 valence electrons. The van der Waals surface area contributed by atoms with Crippen molar-refractivity contribution in [1.29, 1.82) is 0 Å². The number of hydrogen-bond donors (Lipinski definition) is 1. The van der Waals surface area contributed by atoms with Crippen LogP contribution in [0.15, 0.2) is 53.9 Å². The summed E-state index contributed by atoms with van der Waals surface area (Å²) in [6.07, 6.45) is 13.9. The van der Waals surface area contributed by atoms with Gasteiger partial charge in [0.15, 0.2) is 0 Å². The molecule has 1 N–H and O–H groups in total. The number of aromatic amines is 1. The first kappa shape index (κ1) is 25.7. The predicted molar refractivity (Wildman–Crippen MR) is 137 cm³/mol. The summed E-state index contributed by atoms with van der Waals surface area (Å²) in [6, 6.07) is 7.46. The third kappa shape index (κ3) is 8.45. The van der Waals surface area contributed by atoms with Crippen LogP contribution in [0.25, 0.3) is 0 Å². The number of nitrogens with zero attached hydrogens (tertiary/aromatic N) is 4. The summed E-state index contributed by atoms with van der Waals surface area (Å²) in [5.74, 6) is 1.52. The summed E-state index contributed by atoms with van der Waals surface area (Å²) < 4.78 is 5.92. The largest absolute Gasteiger partial charge is 0.494 e. The number of aromatic nitrogens is 2. The summed E-state index contributed by atoms with van der Waals surface area (Å²) >= 11 is 0. The molecule has 2 aromatic rings. The molecule has 3 rings (SSSR count). The summed E-state index contributed by atoms with van der Waals surface area (Å²) in [7, 11) is 0. The average molecular weight is 466 g/mol. The highest BCUT2D eigenvalue weighted by molar-refractivity contribution is 5.98. The van der Waals surface area contributed by atoms with Crippen molar-refractivity contribution in [2.24, 2.45) is 4.99 Å². The summed E-state index contributed by atoms with van der Waals surface area (Å²) in [5, 5.41) is 0. The van der Waals surface area contributed by atoms with Crippen LogP contribution >= 0.6 is 0 Å². The Hall–Kier alpha value is -2.93. The number of benzene rings is 1. The first-order valence-corrected chi connectivity index (χ1v) is 12.6. The second-order valence-corrected chi connectivity index (χ2v) is 8.76. The zero-order valence-electron chi connectivity index (χ0n) is 20.7. The number of H-pyrrole nitrogens is 1. The van der Waals surface area contributed by atoms with E-state index >= 15 is 0 Å². The molecule has 7 heteroatoms. The zero-order chi connectivity index (χ0) is 24.0. The van der Waals surface area contributed by atoms with Crippen molar-refractivity contribution in [2.75, 3.05) is 32.8 Å². The van der Waals surface area contributed by atoms with Crippen molar-refractivity contribution in [2.45, 2.75) is 58.9 Å². The van der Waals surface area contributed by atoms with E-state index in [1.807, 2.05) is 30.3 Å². The monoisotopic (exact) mass is 465 g/mol. The molecule has 1 aliphatic heterocycles. The number of carbonyl (C=O) groups is 1. The van der Waals surface area contributed by atoms with Gasteiger partial charge in [-0.25, -0.2) is 4.98 Å². The van der Waals surface area contributed by atoms with Gasteiger partial charge in [0.05, 0.1) is 19.7 Å². The highest BCUT2D eigenvalue weighted by Gasteiger charge is 2.19. The number of rotatable bonds is 16. The highest BCUT2D eigenvalue weighted by Crippen LogP contribution is 2.16. The van der Waals surface area contributed by atoms with E-state index in [0.29, 0.717) is 25.3 Å². The minimum absolute atomic E-state index is 0.0405. The number of aliphatic imine (C=N–C) groups is 1. The maximum Gasteiger partial charge on any atom is 0.254 e. The molecular formula is C27H39N5O2. The molecule has 0 saturated carbocycles. The molecule has 1 aromatic heterocycles. The van der Waals surface area contributed by atoms with Crippen LogP contribution in [0.2, 0.25) is 0 Å². The van der Waals surface area contributed by atoms with E-state index in [-0.39, 0.29) is 5.91 Å². The van der Waals surface area contributed by atoms with Crippen LogP contribution in [0, 0.1) is 0 Å². The van der Waals surface area contributed by atoms with Gasteiger partial charge in [0, 0.05) is 36.3 Å². The molecular weight excluding hydrogens is 426 g/mol. The van der Waals surface area contributed by atoms with E-state index in [9.17, 15) is 4.79 Å². The maximum absolute atomic E-state index is 13.2. The van der Waals surface area contributed by atoms with Crippen molar-refractivity contribution in [3.05, 3.63) is 60.3 Å². The number of allylic oxidation sites excluding steroid dienone is 1. The Kier molecular flexibility index (Phi) is 10.8. The first-order chi connectivity index (χ1) is 16.7. The Morgan fingerprint density at radius 2 is 1.82 bits per heavy atom. The lowest BCUT2D eigenvalue weighted by Gasteiger charge is -2.22. The standard InChI is InChI=1S/C27H39N5O2/c1-3-17-31(18-4-2)19-6-5-7-20-34-25-12-10-23(11-13-25)27(33)32(21-24-9-8-14-28-24)22-26-29-15-16-30-26/h8,10-16H,3-7,9,17-22H2,1-2H3,(H,29,30). The minimum Gasteiger partial charge on any atom is -0.494 e. The van der Waals surface area contributed by atoms with E-state index < -0.39 is 0 Å². The molecule has 0 spiro atoms. The van der Waals surface area contributed by atoms with Crippen molar-refractivity contribution in [3.8, 4) is 5.75 Å². The second kappa shape index (κ2) is 14.4. The van der Waals surface area contributed by atoms with Gasteiger partial charge in [0.25, 0.3) is 5.91 Å². The number of amides is 1. The van der Waals surface area contributed by atoms with Crippen LogP contribution in [-0.4, -0.2) is 64.2 Å². The Balaban J connectivity index is 1.45. The minimum atomic E-state index is -0.0405. The Morgan fingerprint density at radius 3 is 2.47 bits per heavy atom. The van der Waals surface area contributed by atoms with Crippen LogP contribution in [0.3, 0.4) is 0 Å². The fourth-order valence-corrected chi connectivity index (χ4v) is 4.14. The Bertz CT molecular complexity index is 900. The lowest BCUT2D eigenvalue weighted by molar-refractivity contribution is 0.0764. The SMILES string of the molecule is CCCN(CCC)CCCCCOc1ccc(C(=O)N(CC2=NC=CC2)Cc2ncc[nH]2)cc1. The molecule has 0 saturated heterocycles. The quantitative estimate of drug-likeness (QED) is 0.351. The van der Waals surface area contributed by atoms with Crippen LogP contribution in [0.4, 0.5) is 0 Å². The van der Waals surface area contributed by atoms with Gasteiger partial charge in [-0.05, 0) is 76.0 Å². The lowest BCUT2D eigenvalue weighted by Crippen LogP contribution is -2.35. The number of hydrogen-bond acceptors (Lipinski definition) is 5. The second-order valence-electron chi connectivity index (χ2n) is 8.76. The fraction of sp³-hybridized carbons (Fsp3) is 0.519. The number of ether oxygens (including phenoxy) is 1. The molecule has 7 nitrogen and oxygen atoms in total. The molecule has 0 atom stereocenters. The van der Waals surface area contributed by atoms with Crippen LogP contribution in [0.1, 0.15) is 68.6 Å². The molecule has 0 aliphatic carbocycles. The van der Waals surface area contributed by atoms with Gasteiger partial charge in [0.1, 0.15) is 11.6 Å². The molecule has 2 heterocycles. The molecule has 34 heavy (non-hydrogen) atoms. The van der Waals surface area contributed by atoms with Crippen LogP contribution in [0.5, 0.6) is 5.75 Å². The molecule has 0 bridgehead atoms. The maximum atomic E-state index is 13.2. The van der Waals surface area contributed by atoms with Crippen molar-refractivity contribution in [3.63, 3.8) is 0 Å². The van der Waals surface area contributed by atoms with E-state index in [2.05, 4.69) is 33.7 Å². The fourth-order valence-electron chi connectivity index (χ4n) is 4.14. The number of carbonyl (C=O) groups excluding carboxylic acids is 1. The summed E-state index contributed by atoms with van der Waals surface area (Å²) in [5.41, 5.74) is 1.62. The van der Waals surface area contributed by atoms with Gasteiger partial charge >= 0.3 is 0 Å². The van der Waals surface area contributed by atoms with Crippen molar-refractivity contribution < 1.29 is 9.53 Å². The van der Waals surface area contributed by atoms with E-state index in [0.717, 1.165) is 30.1 Å². The first-order valence-electron chi connectivity index (χ1n) is 12.6. The summed E-state index contributed by atoms with van der Waals surface area (Å²) in [4.78, 5) is 29.3. The Labute approximate surface area is 203 Å². The zero-order valence-corrected chi connectivity index (χ0v) is 20.7. The summed E-state index contributed by atoms with van der Waals surface area (Å²) in [6.45, 7) is 9.65. The molecule has 0 fully saturated rings. The van der Waals surface area contributed by atoms with Gasteiger partial charge < -0.3 is 19.5 Å². The molecule has 1 aliphatic rings. The van der Waals surface area contributed by atoms with Gasteiger partial charge in [-0.1, -0.05) is 19.9 Å². The topological polar surface area (TPSA) is 73.8 Å². The third-order valence-electron chi connectivity index (χ3n) is 5.84. The van der Waals surface area contributed by atoms with Crippen molar-refractivity contribution in [1.82, 2.24) is 19.8 Å². The number of nitrogens with one attached hydrogen (secondary N) is 1. The number of unbranched alkanes of at least 4 members (excludes halogenated alkanes) is 2.